The van der Waals surface area contributed by atoms with Gasteiger partial charge in [0.1, 0.15) is 5.82 Å². The summed E-state index contributed by atoms with van der Waals surface area (Å²) in [5.74, 6) is -0.322. The van der Waals surface area contributed by atoms with E-state index in [4.69, 9.17) is 5.73 Å². The van der Waals surface area contributed by atoms with Gasteiger partial charge in [0.25, 0.3) is 0 Å². The van der Waals surface area contributed by atoms with E-state index in [0.717, 1.165) is 5.69 Å². The Bertz CT molecular complexity index is 564. The van der Waals surface area contributed by atoms with Crippen molar-refractivity contribution >= 4 is 17.1 Å². The van der Waals surface area contributed by atoms with Gasteiger partial charge in [0.2, 0.25) is 0 Å². The summed E-state index contributed by atoms with van der Waals surface area (Å²) < 4.78 is 13.8. The molecule has 0 heterocycles. The Balaban J connectivity index is 2.34. The third-order valence-electron chi connectivity index (χ3n) is 2.85. The summed E-state index contributed by atoms with van der Waals surface area (Å²) in [6, 6.07) is 14.1. The number of hydrogen-bond acceptors (Lipinski definition) is 2. The molecular formula is C15H15FN2. The maximum atomic E-state index is 13.8. The van der Waals surface area contributed by atoms with Crippen LogP contribution in [0.15, 0.2) is 55.1 Å². The molecule has 18 heavy (non-hydrogen) atoms. The van der Waals surface area contributed by atoms with E-state index in [9.17, 15) is 4.39 Å². The lowest BCUT2D eigenvalue weighted by atomic mass is 10.1. The van der Waals surface area contributed by atoms with Crippen molar-refractivity contribution in [3.8, 4) is 0 Å². The molecule has 2 nitrogen and oxygen atoms in total. The standard InChI is InChI=1S/C15H15FN2/c1-11(14-10-12(17)8-9-15(14)16)18(2)13-6-4-3-5-7-13/h3-10H,1,17H2,2H3. The van der Waals surface area contributed by atoms with Crippen LogP contribution in [0.25, 0.3) is 5.70 Å². The zero-order chi connectivity index (χ0) is 13.1. The minimum atomic E-state index is -0.322. The Labute approximate surface area is 106 Å². The molecule has 0 spiro atoms. The van der Waals surface area contributed by atoms with E-state index in [-0.39, 0.29) is 5.82 Å². The van der Waals surface area contributed by atoms with Crippen molar-refractivity contribution in [1.29, 1.82) is 0 Å². The smallest absolute Gasteiger partial charge is 0.132 e. The number of benzene rings is 2. The van der Waals surface area contributed by atoms with Gasteiger partial charge < -0.3 is 10.6 Å². The maximum absolute atomic E-state index is 13.8. The van der Waals surface area contributed by atoms with Crippen molar-refractivity contribution in [1.82, 2.24) is 0 Å². The van der Waals surface area contributed by atoms with Crippen LogP contribution in [0.2, 0.25) is 0 Å². The number of hydrogen-bond donors (Lipinski definition) is 1. The topological polar surface area (TPSA) is 29.3 Å². The second-order valence-corrected chi connectivity index (χ2v) is 4.08. The molecule has 92 valence electrons. The Morgan fingerprint density at radius 3 is 2.50 bits per heavy atom. The number of nitrogens with two attached hydrogens (primary N) is 1. The molecular weight excluding hydrogens is 227 g/mol. The maximum Gasteiger partial charge on any atom is 0.132 e. The van der Waals surface area contributed by atoms with E-state index in [1.54, 1.807) is 6.07 Å². The summed E-state index contributed by atoms with van der Waals surface area (Å²) in [7, 11) is 1.85. The van der Waals surface area contributed by atoms with Crippen LogP contribution in [0.1, 0.15) is 5.56 Å². The predicted molar refractivity (Wildman–Crippen MR) is 74.7 cm³/mol. The van der Waals surface area contributed by atoms with E-state index in [0.29, 0.717) is 16.9 Å². The summed E-state index contributed by atoms with van der Waals surface area (Å²) in [6.45, 7) is 3.93. The number of anilines is 2. The quantitative estimate of drug-likeness (QED) is 0.834. The molecule has 0 aliphatic rings. The molecule has 0 saturated carbocycles. The molecule has 2 aromatic rings. The number of halogens is 1. The molecule has 0 aliphatic heterocycles. The van der Waals surface area contributed by atoms with Crippen molar-refractivity contribution in [2.24, 2.45) is 0 Å². The lowest BCUT2D eigenvalue weighted by Gasteiger charge is -2.22. The number of para-hydroxylation sites is 1. The van der Waals surface area contributed by atoms with E-state index in [2.05, 4.69) is 6.58 Å². The van der Waals surface area contributed by atoms with E-state index >= 15 is 0 Å². The van der Waals surface area contributed by atoms with Gasteiger partial charge in [-0.1, -0.05) is 24.8 Å². The third-order valence-corrected chi connectivity index (χ3v) is 2.85. The average Bonchev–Trinajstić information content (AvgIpc) is 2.41. The molecule has 0 bridgehead atoms. The first-order valence-electron chi connectivity index (χ1n) is 5.62. The van der Waals surface area contributed by atoms with Crippen molar-refractivity contribution in [3.63, 3.8) is 0 Å². The number of rotatable bonds is 3. The van der Waals surface area contributed by atoms with Crippen LogP contribution in [-0.2, 0) is 0 Å². The fourth-order valence-corrected chi connectivity index (χ4v) is 1.75. The Morgan fingerprint density at radius 1 is 1.17 bits per heavy atom. The van der Waals surface area contributed by atoms with Gasteiger partial charge in [-0.25, -0.2) is 4.39 Å². The first kappa shape index (κ1) is 12.2. The van der Waals surface area contributed by atoms with Gasteiger partial charge in [-0.2, -0.15) is 0 Å². The zero-order valence-corrected chi connectivity index (χ0v) is 10.2. The highest BCUT2D eigenvalue weighted by Crippen LogP contribution is 2.26. The summed E-state index contributed by atoms with van der Waals surface area (Å²) >= 11 is 0. The highest BCUT2D eigenvalue weighted by molar-refractivity contribution is 5.78. The molecule has 0 aliphatic carbocycles. The van der Waals surface area contributed by atoms with Crippen LogP contribution < -0.4 is 10.6 Å². The van der Waals surface area contributed by atoms with Crippen LogP contribution in [0.4, 0.5) is 15.8 Å². The van der Waals surface area contributed by atoms with Crippen LogP contribution in [-0.4, -0.2) is 7.05 Å². The van der Waals surface area contributed by atoms with E-state index < -0.39 is 0 Å². The number of nitrogens with zero attached hydrogens (tertiary/aromatic N) is 1. The molecule has 3 heteroatoms. The molecule has 0 aromatic heterocycles. The van der Waals surface area contributed by atoms with Gasteiger partial charge >= 0.3 is 0 Å². The van der Waals surface area contributed by atoms with E-state index in [1.807, 2.05) is 42.3 Å². The third kappa shape index (κ3) is 2.35. The van der Waals surface area contributed by atoms with Gasteiger partial charge in [-0.15, -0.1) is 0 Å². The molecule has 0 atom stereocenters. The Kier molecular flexibility index (Phi) is 3.33. The van der Waals surface area contributed by atoms with Crippen molar-refractivity contribution in [3.05, 3.63) is 66.5 Å². The molecule has 2 rings (SSSR count). The zero-order valence-electron chi connectivity index (χ0n) is 10.2. The highest BCUT2D eigenvalue weighted by Gasteiger charge is 2.11. The molecule has 0 amide bonds. The van der Waals surface area contributed by atoms with Gasteiger partial charge in [-0.05, 0) is 30.3 Å². The van der Waals surface area contributed by atoms with Crippen molar-refractivity contribution in [2.75, 3.05) is 17.7 Å². The average molecular weight is 242 g/mol. The molecule has 2 aromatic carbocycles. The number of nitrogen functional groups attached to an aromatic ring is 1. The largest absolute Gasteiger partial charge is 0.399 e. The minimum Gasteiger partial charge on any atom is -0.399 e. The normalized spacial score (nSPS) is 10.1. The fourth-order valence-electron chi connectivity index (χ4n) is 1.75. The molecule has 0 fully saturated rings. The van der Waals surface area contributed by atoms with Crippen molar-refractivity contribution in [2.45, 2.75) is 0 Å². The van der Waals surface area contributed by atoms with Crippen LogP contribution in [0, 0.1) is 5.82 Å². The molecule has 2 N–H and O–H groups in total. The van der Waals surface area contributed by atoms with Crippen LogP contribution in [0.3, 0.4) is 0 Å². The Morgan fingerprint density at radius 2 is 1.83 bits per heavy atom. The highest BCUT2D eigenvalue weighted by atomic mass is 19.1. The van der Waals surface area contributed by atoms with Crippen molar-refractivity contribution < 1.29 is 4.39 Å². The predicted octanol–water partition coefficient (Wildman–Crippen LogP) is 3.52. The second-order valence-electron chi connectivity index (χ2n) is 4.08. The summed E-state index contributed by atoms with van der Waals surface area (Å²) in [6.07, 6.45) is 0. The van der Waals surface area contributed by atoms with Gasteiger partial charge in [0, 0.05) is 29.7 Å². The lowest BCUT2D eigenvalue weighted by Crippen LogP contribution is -2.15. The second kappa shape index (κ2) is 4.92. The first-order valence-corrected chi connectivity index (χ1v) is 5.62. The van der Waals surface area contributed by atoms with E-state index in [1.165, 1.54) is 12.1 Å². The monoisotopic (exact) mass is 242 g/mol. The summed E-state index contributed by atoms with van der Waals surface area (Å²) in [5.41, 5.74) is 8.14. The lowest BCUT2D eigenvalue weighted by molar-refractivity contribution is 0.623. The van der Waals surface area contributed by atoms with Gasteiger partial charge in [0.05, 0.1) is 0 Å². The van der Waals surface area contributed by atoms with Gasteiger partial charge in [-0.3, -0.25) is 0 Å². The first-order chi connectivity index (χ1) is 8.59. The minimum absolute atomic E-state index is 0.322. The van der Waals surface area contributed by atoms with Gasteiger partial charge in [0.15, 0.2) is 0 Å². The Hall–Kier alpha value is -2.29. The summed E-state index contributed by atoms with van der Waals surface area (Å²) in [4.78, 5) is 1.83. The molecule has 0 saturated heterocycles. The fraction of sp³-hybridized carbons (Fsp3) is 0.0667. The molecule has 0 unspecified atom stereocenters. The SMILES string of the molecule is C=C(c1cc(N)ccc1F)N(C)c1ccccc1. The van der Waals surface area contributed by atoms with Crippen LogP contribution in [0.5, 0.6) is 0 Å². The van der Waals surface area contributed by atoms with Crippen LogP contribution >= 0.6 is 0 Å². The summed E-state index contributed by atoms with van der Waals surface area (Å²) in [5, 5.41) is 0. The molecule has 0 radical (unpaired) electrons.